The number of carboxylic acid groups (broad SMARTS) is 1. The van der Waals surface area contributed by atoms with E-state index >= 15 is 0 Å². The Labute approximate surface area is 120 Å². The van der Waals surface area contributed by atoms with Gasteiger partial charge in [-0.05, 0) is 18.2 Å². The predicted molar refractivity (Wildman–Crippen MR) is 74.6 cm³/mol. The largest absolute Gasteiger partial charge is 0.478 e. The number of hydrogen-bond acceptors (Lipinski definition) is 4. The molecule has 0 heterocycles. The van der Waals surface area contributed by atoms with E-state index in [0.29, 0.717) is 5.56 Å². The van der Waals surface area contributed by atoms with Crippen molar-refractivity contribution < 1.29 is 24.2 Å². The predicted octanol–water partition coefficient (Wildman–Crippen LogP) is 2.40. The molecule has 0 fully saturated rings. The molecule has 5 nitrogen and oxygen atoms in total. The molecule has 106 valence electrons. The van der Waals surface area contributed by atoms with E-state index in [-0.39, 0.29) is 22.5 Å². The Bertz CT molecular complexity index is 701. The van der Waals surface area contributed by atoms with Crippen LogP contribution in [-0.2, 0) is 4.74 Å². The summed E-state index contributed by atoms with van der Waals surface area (Å²) in [4.78, 5) is 34.9. The van der Waals surface area contributed by atoms with Crippen LogP contribution in [0.1, 0.15) is 36.6 Å². The Morgan fingerprint density at radius 1 is 0.857 bits per heavy atom. The molecule has 0 saturated heterocycles. The maximum Gasteiger partial charge on any atom is 0.338 e. The van der Waals surface area contributed by atoms with Crippen LogP contribution >= 0.6 is 0 Å². The monoisotopic (exact) mass is 284 g/mol. The fourth-order valence-corrected chi connectivity index (χ4v) is 1.89. The maximum atomic E-state index is 12.4. The number of ether oxygens (including phenoxy) is 1. The summed E-state index contributed by atoms with van der Waals surface area (Å²) in [5.74, 6) is -2.03. The number of carbonyl (C=O) groups excluding carboxylic acids is 2. The highest BCUT2D eigenvalue weighted by molar-refractivity contribution is 6.14. The van der Waals surface area contributed by atoms with Gasteiger partial charge in [0.25, 0.3) is 0 Å². The molecule has 0 aliphatic heterocycles. The normalized spacial score (nSPS) is 9.95. The van der Waals surface area contributed by atoms with E-state index in [0.717, 1.165) is 0 Å². The Balaban J connectivity index is 2.40. The van der Waals surface area contributed by atoms with Gasteiger partial charge in [0, 0.05) is 11.1 Å². The minimum absolute atomic E-state index is 0.0906. The fraction of sp³-hybridized carbons (Fsp3) is 0.0625. The van der Waals surface area contributed by atoms with Crippen LogP contribution in [0.25, 0.3) is 0 Å². The molecule has 2 aromatic rings. The van der Waals surface area contributed by atoms with E-state index in [1.54, 1.807) is 12.1 Å². The molecule has 0 aromatic heterocycles. The summed E-state index contributed by atoms with van der Waals surface area (Å²) in [6, 6.07) is 11.8. The molecular formula is C16H12O5. The quantitative estimate of drug-likeness (QED) is 0.688. The summed E-state index contributed by atoms with van der Waals surface area (Å²) in [6.45, 7) is 0. The first-order valence-electron chi connectivity index (χ1n) is 6.10. The van der Waals surface area contributed by atoms with Gasteiger partial charge >= 0.3 is 11.9 Å². The van der Waals surface area contributed by atoms with Gasteiger partial charge in [-0.2, -0.15) is 0 Å². The van der Waals surface area contributed by atoms with Crippen LogP contribution in [0, 0.1) is 0 Å². The molecule has 0 atom stereocenters. The standard InChI is InChI=1S/C16H12O5/c1-21-16(20)13-5-3-2-4-12(13)14(17)10-6-8-11(9-7-10)15(18)19/h2-9H,1H3,(H,18,19). The number of ketones is 1. The summed E-state index contributed by atoms with van der Waals surface area (Å²) >= 11 is 0. The van der Waals surface area contributed by atoms with Crippen molar-refractivity contribution in [3.05, 3.63) is 70.8 Å². The van der Waals surface area contributed by atoms with E-state index in [2.05, 4.69) is 4.74 Å². The van der Waals surface area contributed by atoms with E-state index in [1.165, 1.54) is 43.5 Å². The molecule has 1 N–H and O–H groups in total. The number of esters is 1. The van der Waals surface area contributed by atoms with Gasteiger partial charge in [0.05, 0.1) is 18.2 Å². The van der Waals surface area contributed by atoms with Gasteiger partial charge in [0.1, 0.15) is 0 Å². The van der Waals surface area contributed by atoms with Crippen LogP contribution in [0.5, 0.6) is 0 Å². The molecular weight excluding hydrogens is 272 g/mol. The van der Waals surface area contributed by atoms with E-state index < -0.39 is 11.9 Å². The second-order valence-electron chi connectivity index (χ2n) is 4.25. The lowest BCUT2D eigenvalue weighted by molar-refractivity contribution is 0.0597. The third-order valence-electron chi connectivity index (χ3n) is 2.97. The minimum atomic E-state index is -1.07. The molecule has 0 unspecified atom stereocenters. The zero-order valence-electron chi connectivity index (χ0n) is 11.2. The number of benzene rings is 2. The second-order valence-corrected chi connectivity index (χ2v) is 4.25. The second kappa shape index (κ2) is 6.00. The van der Waals surface area contributed by atoms with Crippen molar-refractivity contribution in [3.8, 4) is 0 Å². The van der Waals surface area contributed by atoms with E-state index in [9.17, 15) is 14.4 Å². The zero-order valence-corrected chi connectivity index (χ0v) is 11.2. The number of rotatable bonds is 4. The number of carbonyl (C=O) groups is 3. The minimum Gasteiger partial charge on any atom is -0.478 e. The van der Waals surface area contributed by atoms with Crippen LogP contribution in [0.15, 0.2) is 48.5 Å². The molecule has 0 aliphatic rings. The van der Waals surface area contributed by atoms with Gasteiger partial charge in [0.15, 0.2) is 5.78 Å². The number of carboxylic acids is 1. The van der Waals surface area contributed by atoms with Gasteiger partial charge in [-0.25, -0.2) is 9.59 Å². The molecule has 5 heteroatoms. The van der Waals surface area contributed by atoms with Crippen molar-refractivity contribution in [2.75, 3.05) is 7.11 Å². The molecule has 0 amide bonds. The summed E-state index contributed by atoms with van der Waals surface area (Å²) in [6.07, 6.45) is 0. The molecule has 0 spiro atoms. The lowest BCUT2D eigenvalue weighted by Crippen LogP contribution is -2.11. The van der Waals surface area contributed by atoms with Gasteiger partial charge in [-0.3, -0.25) is 4.79 Å². The van der Waals surface area contributed by atoms with Crippen LogP contribution < -0.4 is 0 Å². The van der Waals surface area contributed by atoms with E-state index in [1.807, 2.05) is 0 Å². The number of methoxy groups -OCH3 is 1. The smallest absolute Gasteiger partial charge is 0.338 e. The molecule has 0 radical (unpaired) electrons. The fourth-order valence-electron chi connectivity index (χ4n) is 1.89. The third kappa shape index (κ3) is 2.97. The summed E-state index contributed by atoms with van der Waals surface area (Å²) in [5.41, 5.74) is 0.781. The first-order valence-corrected chi connectivity index (χ1v) is 6.10. The summed E-state index contributed by atoms with van der Waals surface area (Å²) in [5, 5.41) is 8.83. The van der Waals surface area contributed by atoms with E-state index in [4.69, 9.17) is 5.11 Å². The lowest BCUT2D eigenvalue weighted by Gasteiger charge is -2.07. The van der Waals surface area contributed by atoms with Gasteiger partial charge in [-0.15, -0.1) is 0 Å². The van der Waals surface area contributed by atoms with Crippen molar-refractivity contribution in [1.29, 1.82) is 0 Å². The van der Waals surface area contributed by atoms with Crippen molar-refractivity contribution in [2.45, 2.75) is 0 Å². The third-order valence-corrected chi connectivity index (χ3v) is 2.97. The van der Waals surface area contributed by atoms with Gasteiger partial charge in [-0.1, -0.05) is 30.3 Å². The Kier molecular flexibility index (Phi) is 4.13. The molecule has 0 saturated carbocycles. The van der Waals surface area contributed by atoms with Crippen molar-refractivity contribution in [1.82, 2.24) is 0 Å². The summed E-state index contributed by atoms with van der Waals surface area (Å²) < 4.78 is 4.64. The number of aromatic carboxylic acids is 1. The van der Waals surface area contributed by atoms with Crippen LogP contribution in [0.4, 0.5) is 0 Å². The molecule has 0 aliphatic carbocycles. The first kappa shape index (κ1) is 14.5. The molecule has 0 bridgehead atoms. The highest BCUT2D eigenvalue weighted by Crippen LogP contribution is 2.16. The van der Waals surface area contributed by atoms with Crippen LogP contribution in [-0.4, -0.2) is 29.9 Å². The highest BCUT2D eigenvalue weighted by Gasteiger charge is 2.18. The Morgan fingerprint density at radius 2 is 1.38 bits per heavy atom. The Morgan fingerprint density at radius 3 is 1.90 bits per heavy atom. The molecule has 2 rings (SSSR count). The summed E-state index contributed by atoms with van der Waals surface area (Å²) in [7, 11) is 1.24. The maximum absolute atomic E-state index is 12.4. The average molecular weight is 284 g/mol. The SMILES string of the molecule is COC(=O)c1ccccc1C(=O)c1ccc(C(=O)O)cc1. The van der Waals surface area contributed by atoms with Crippen LogP contribution in [0.3, 0.4) is 0 Å². The topological polar surface area (TPSA) is 80.7 Å². The van der Waals surface area contributed by atoms with Crippen molar-refractivity contribution in [3.63, 3.8) is 0 Å². The average Bonchev–Trinajstić information content (AvgIpc) is 2.53. The van der Waals surface area contributed by atoms with Gasteiger partial charge < -0.3 is 9.84 Å². The van der Waals surface area contributed by atoms with Crippen molar-refractivity contribution in [2.24, 2.45) is 0 Å². The van der Waals surface area contributed by atoms with Gasteiger partial charge in [0.2, 0.25) is 0 Å². The molecule has 21 heavy (non-hydrogen) atoms. The van der Waals surface area contributed by atoms with Crippen molar-refractivity contribution >= 4 is 17.7 Å². The highest BCUT2D eigenvalue weighted by atomic mass is 16.5. The lowest BCUT2D eigenvalue weighted by atomic mass is 9.97. The molecule has 2 aromatic carbocycles. The van der Waals surface area contributed by atoms with Crippen LogP contribution in [0.2, 0.25) is 0 Å². The number of hydrogen-bond donors (Lipinski definition) is 1. The first-order chi connectivity index (χ1) is 10.0. The zero-order chi connectivity index (χ0) is 15.4. The Hall–Kier alpha value is -2.95.